The maximum absolute atomic E-state index is 5.69. The van der Waals surface area contributed by atoms with Gasteiger partial charge in [-0.15, -0.1) is 0 Å². The normalized spacial score (nSPS) is 10.8. The van der Waals surface area contributed by atoms with Crippen LogP contribution in [-0.2, 0) is 13.6 Å². The Hall–Kier alpha value is -1.61. The Labute approximate surface area is 95.9 Å². The van der Waals surface area contributed by atoms with E-state index in [1.807, 2.05) is 17.9 Å². The lowest BCUT2D eigenvalue weighted by atomic mass is 10.0. The number of nitrogens with zero attached hydrogens (tertiary/aromatic N) is 2. The molecule has 0 radical (unpaired) electrons. The van der Waals surface area contributed by atoms with Crippen LogP contribution >= 0.6 is 0 Å². The fraction of sp³-hybridized carbons (Fsp3) is 0.308. The lowest BCUT2D eigenvalue weighted by Gasteiger charge is -2.04. The number of nitrogens with two attached hydrogens (primary N) is 1. The van der Waals surface area contributed by atoms with Crippen molar-refractivity contribution < 1.29 is 0 Å². The van der Waals surface area contributed by atoms with E-state index in [9.17, 15) is 0 Å². The number of rotatable bonds is 2. The molecule has 0 amide bonds. The molecule has 84 valence electrons. The summed E-state index contributed by atoms with van der Waals surface area (Å²) in [7, 11) is 1.92. The molecule has 0 aliphatic heterocycles. The second-order valence-corrected chi connectivity index (χ2v) is 4.17. The molecular formula is C13H17N3. The van der Waals surface area contributed by atoms with E-state index < -0.39 is 0 Å². The molecule has 0 atom stereocenters. The van der Waals surface area contributed by atoms with Crippen LogP contribution in [0.25, 0.3) is 11.1 Å². The van der Waals surface area contributed by atoms with Crippen LogP contribution in [-0.4, -0.2) is 9.78 Å². The molecular weight excluding hydrogens is 198 g/mol. The van der Waals surface area contributed by atoms with Gasteiger partial charge in [0.15, 0.2) is 0 Å². The number of aromatic nitrogens is 2. The zero-order valence-electron chi connectivity index (χ0n) is 9.99. The Kier molecular flexibility index (Phi) is 2.79. The van der Waals surface area contributed by atoms with Crippen LogP contribution < -0.4 is 5.73 Å². The first-order valence-corrected chi connectivity index (χ1v) is 5.42. The fourth-order valence-corrected chi connectivity index (χ4v) is 1.84. The van der Waals surface area contributed by atoms with Crippen LogP contribution in [0.2, 0.25) is 0 Å². The largest absolute Gasteiger partial charge is 0.325 e. The molecule has 0 unspecified atom stereocenters. The van der Waals surface area contributed by atoms with Crippen molar-refractivity contribution in [2.45, 2.75) is 20.4 Å². The first kappa shape index (κ1) is 10.9. The molecule has 16 heavy (non-hydrogen) atoms. The Morgan fingerprint density at radius 3 is 2.62 bits per heavy atom. The van der Waals surface area contributed by atoms with Gasteiger partial charge in [-0.05, 0) is 30.5 Å². The van der Waals surface area contributed by atoms with E-state index >= 15 is 0 Å². The average molecular weight is 215 g/mol. The smallest absolute Gasteiger partial charge is 0.0838 e. The highest BCUT2D eigenvalue weighted by molar-refractivity contribution is 5.66. The van der Waals surface area contributed by atoms with E-state index in [1.54, 1.807) is 0 Å². The summed E-state index contributed by atoms with van der Waals surface area (Å²) in [6.45, 7) is 4.71. The highest BCUT2D eigenvalue weighted by Gasteiger charge is 2.08. The van der Waals surface area contributed by atoms with Crippen molar-refractivity contribution >= 4 is 0 Å². The second kappa shape index (κ2) is 4.10. The van der Waals surface area contributed by atoms with Gasteiger partial charge < -0.3 is 5.73 Å². The molecule has 2 N–H and O–H groups in total. The van der Waals surface area contributed by atoms with E-state index in [0.717, 1.165) is 11.3 Å². The predicted molar refractivity (Wildman–Crippen MR) is 66.0 cm³/mol. The Morgan fingerprint density at radius 1 is 1.25 bits per heavy atom. The van der Waals surface area contributed by atoms with Gasteiger partial charge in [-0.25, -0.2) is 0 Å². The van der Waals surface area contributed by atoms with Crippen LogP contribution in [0.5, 0.6) is 0 Å². The molecule has 0 spiro atoms. The molecule has 0 saturated carbocycles. The molecule has 0 bridgehead atoms. The Balaban J connectivity index is 2.53. The third-order valence-electron chi connectivity index (χ3n) is 2.92. The van der Waals surface area contributed by atoms with Gasteiger partial charge in [-0.3, -0.25) is 4.68 Å². The topological polar surface area (TPSA) is 43.8 Å². The second-order valence-electron chi connectivity index (χ2n) is 4.17. The summed E-state index contributed by atoms with van der Waals surface area (Å²) in [5.74, 6) is 0. The van der Waals surface area contributed by atoms with Gasteiger partial charge in [0.2, 0.25) is 0 Å². The molecule has 0 aliphatic carbocycles. The van der Waals surface area contributed by atoms with Crippen molar-refractivity contribution in [3.8, 4) is 11.1 Å². The van der Waals surface area contributed by atoms with Crippen molar-refractivity contribution in [1.82, 2.24) is 9.78 Å². The highest BCUT2D eigenvalue weighted by Crippen LogP contribution is 2.24. The van der Waals surface area contributed by atoms with Crippen LogP contribution in [0.3, 0.4) is 0 Å². The van der Waals surface area contributed by atoms with Gasteiger partial charge in [-0.2, -0.15) is 5.10 Å². The summed E-state index contributed by atoms with van der Waals surface area (Å²) < 4.78 is 1.81. The minimum Gasteiger partial charge on any atom is -0.325 e. The van der Waals surface area contributed by atoms with Gasteiger partial charge in [0, 0.05) is 25.4 Å². The Bertz CT molecular complexity index is 512. The molecule has 3 nitrogen and oxygen atoms in total. The molecule has 1 heterocycles. The van der Waals surface area contributed by atoms with Crippen molar-refractivity contribution in [3.63, 3.8) is 0 Å². The van der Waals surface area contributed by atoms with Gasteiger partial charge in [0.1, 0.15) is 0 Å². The van der Waals surface area contributed by atoms with E-state index in [4.69, 9.17) is 5.73 Å². The standard InChI is InChI=1S/C13H17N3/c1-9-4-5-11(6-10(9)2)12-8-16(3)15-13(12)7-14/h4-6,8H,7,14H2,1-3H3. The predicted octanol–water partition coefficient (Wildman–Crippen LogP) is 2.16. The van der Waals surface area contributed by atoms with E-state index in [1.165, 1.54) is 16.7 Å². The van der Waals surface area contributed by atoms with E-state index in [0.29, 0.717) is 6.54 Å². The lowest BCUT2D eigenvalue weighted by molar-refractivity contribution is 0.742. The number of hydrogen-bond donors (Lipinski definition) is 1. The lowest BCUT2D eigenvalue weighted by Crippen LogP contribution is -2.00. The summed E-state index contributed by atoms with van der Waals surface area (Å²) in [5.41, 5.74) is 11.6. The number of aryl methyl sites for hydroxylation is 3. The molecule has 0 saturated heterocycles. The molecule has 1 aromatic carbocycles. The first-order chi connectivity index (χ1) is 7.61. The highest BCUT2D eigenvalue weighted by atomic mass is 15.3. The maximum atomic E-state index is 5.69. The fourth-order valence-electron chi connectivity index (χ4n) is 1.84. The molecule has 0 fully saturated rings. The summed E-state index contributed by atoms with van der Waals surface area (Å²) in [4.78, 5) is 0. The van der Waals surface area contributed by atoms with E-state index in [-0.39, 0.29) is 0 Å². The van der Waals surface area contributed by atoms with Crippen molar-refractivity contribution in [3.05, 3.63) is 41.2 Å². The first-order valence-electron chi connectivity index (χ1n) is 5.42. The van der Waals surface area contributed by atoms with Crippen LogP contribution in [0.4, 0.5) is 0 Å². The van der Waals surface area contributed by atoms with Crippen LogP contribution in [0, 0.1) is 13.8 Å². The monoisotopic (exact) mass is 215 g/mol. The SMILES string of the molecule is Cc1ccc(-c2cn(C)nc2CN)cc1C. The van der Waals surface area contributed by atoms with Gasteiger partial charge >= 0.3 is 0 Å². The van der Waals surface area contributed by atoms with Gasteiger partial charge in [0.05, 0.1) is 5.69 Å². The van der Waals surface area contributed by atoms with Crippen molar-refractivity contribution in [2.75, 3.05) is 0 Å². The van der Waals surface area contributed by atoms with Crippen molar-refractivity contribution in [2.24, 2.45) is 12.8 Å². The Morgan fingerprint density at radius 2 is 2.00 bits per heavy atom. The summed E-state index contributed by atoms with van der Waals surface area (Å²) in [6, 6.07) is 6.45. The summed E-state index contributed by atoms with van der Waals surface area (Å²) >= 11 is 0. The molecule has 2 rings (SSSR count). The summed E-state index contributed by atoms with van der Waals surface area (Å²) in [5, 5.41) is 4.35. The van der Waals surface area contributed by atoms with Crippen LogP contribution in [0.1, 0.15) is 16.8 Å². The molecule has 2 aromatic rings. The molecule has 1 aromatic heterocycles. The molecule has 0 aliphatic rings. The van der Waals surface area contributed by atoms with Gasteiger partial charge in [0.25, 0.3) is 0 Å². The zero-order valence-corrected chi connectivity index (χ0v) is 9.99. The van der Waals surface area contributed by atoms with Crippen molar-refractivity contribution in [1.29, 1.82) is 0 Å². The molecule has 3 heteroatoms. The minimum atomic E-state index is 0.475. The zero-order chi connectivity index (χ0) is 11.7. The van der Waals surface area contributed by atoms with Gasteiger partial charge in [-0.1, -0.05) is 18.2 Å². The van der Waals surface area contributed by atoms with Crippen LogP contribution in [0.15, 0.2) is 24.4 Å². The van der Waals surface area contributed by atoms with E-state index in [2.05, 4.69) is 37.1 Å². The maximum Gasteiger partial charge on any atom is 0.0838 e. The summed E-state index contributed by atoms with van der Waals surface area (Å²) in [6.07, 6.45) is 2.02. The number of hydrogen-bond acceptors (Lipinski definition) is 2. The quantitative estimate of drug-likeness (QED) is 0.834. The third-order valence-corrected chi connectivity index (χ3v) is 2.92. The minimum absolute atomic E-state index is 0.475. The average Bonchev–Trinajstić information content (AvgIpc) is 2.63. The number of benzene rings is 1. The third kappa shape index (κ3) is 1.86.